The van der Waals surface area contributed by atoms with Crippen LogP contribution in [0.3, 0.4) is 0 Å². The van der Waals surface area contributed by atoms with Gasteiger partial charge in [-0.3, -0.25) is 29.2 Å². The van der Waals surface area contributed by atoms with E-state index < -0.39 is 54.1 Å². The van der Waals surface area contributed by atoms with E-state index >= 15 is 0 Å². The third kappa shape index (κ3) is 11.4. The number of carbonyl (C=O) groups excluding carboxylic acids is 5. The van der Waals surface area contributed by atoms with Gasteiger partial charge in [0.1, 0.15) is 17.6 Å². The fourth-order valence-electron chi connectivity index (χ4n) is 4.88. The van der Waals surface area contributed by atoms with E-state index in [4.69, 9.17) is 19.0 Å². The van der Waals surface area contributed by atoms with Gasteiger partial charge in [0.15, 0.2) is 5.76 Å². The number of hydroxylamine groups is 2. The number of nitrogens with one attached hydrogen (secondary N) is 3. The molecule has 47 heavy (non-hydrogen) atoms. The molecule has 1 aromatic heterocycles. The van der Waals surface area contributed by atoms with Gasteiger partial charge in [-0.2, -0.15) is 0 Å². The minimum absolute atomic E-state index is 0.00639. The molecule has 0 radical (unpaired) electrons. The first-order valence-electron chi connectivity index (χ1n) is 15.6. The summed E-state index contributed by atoms with van der Waals surface area (Å²) in [5, 5.41) is 27.2. The summed E-state index contributed by atoms with van der Waals surface area (Å²) in [7, 11) is 0. The van der Waals surface area contributed by atoms with Gasteiger partial charge >= 0.3 is 11.9 Å². The molecule has 15 nitrogen and oxygen atoms in total. The average Bonchev–Trinajstić information content (AvgIpc) is 3.54. The summed E-state index contributed by atoms with van der Waals surface area (Å²) < 4.78 is 16.2. The molecule has 5 N–H and O–H groups in total. The lowest BCUT2D eigenvalue weighted by molar-refractivity contribution is -0.168. The highest BCUT2D eigenvalue weighted by molar-refractivity contribution is 6.00. The number of hydrogen-bond acceptors (Lipinski definition) is 10. The molecule has 258 valence electrons. The molecule has 2 rings (SSSR count). The standard InChI is InChI=1S/C32H44N4O11/c1-5-9-10-11-21(24(6-2)36(44)19-37)29(40)33-18-34-31(42)26-15-14-25(47-26)20-12-13-22(27(16-20)45-7-3)30(41)35-23(17-28(38)39)32(43)46-8-4/h12-16,19,21,23-24,44H,5-11,17-18H2,1-4H3,(H,33,40)(H,34,42)(H,35,41)(H,38,39)/t21?,23?,24-/m1/s1. The van der Waals surface area contributed by atoms with Gasteiger partial charge in [-0.1, -0.05) is 39.2 Å². The van der Waals surface area contributed by atoms with E-state index in [0.29, 0.717) is 23.5 Å². The van der Waals surface area contributed by atoms with Crippen molar-refractivity contribution in [2.75, 3.05) is 19.9 Å². The quantitative estimate of drug-likeness (QED) is 0.0328. The minimum atomic E-state index is -1.41. The Morgan fingerprint density at radius 1 is 0.979 bits per heavy atom. The van der Waals surface area contributed by atoms with Crippen molar-refractivity contribution >= 4 is 36.1 Å². The lowest BCUT2D eigenvalue weighted by Gasteiger charge is -2.29. The fraction of sp³-hybridized carbons (Fsp3) is 0.500. The van der Waals surface area contributed by atoms with Gasteiger partial charge in [-0.15, -0.1) is 0 Å². The van der Waals surface area contributed by atoms with Crippen LogP contribution in [0.1, 0.15) is 87.1 Å². The van der Waals surface area contributed by atoms with Gasteiger partial charge in [0.2, 0.25) is 12.3 Å². The van der Waals surface area contributed by atoms with Crippen LogP contribution in [-0.2, 0) is 23.9 Å². The van der Waals surface area contributed by atoms with Crippen molar-refractivity contribution in [3.05, 3.63) is 41.7 Å². The van der Waals surface area contributed by atoms with Crippen LogP contribution >= 0.6 is 0 Å². The SMILES string of the molecule is CCCCCC(C(=O)NCNC(=O)c1ccc(-c2ccc(C(=O)NC(CC(=O)O)C(=O)OCC)c(OCC)c2)o1)[C@@H](CC)N(O)C=O. The predicted molar refractivity (Wildman–Crippen MR) is 167 cm³/mol. The van der Waals surface area contributed by atoms with Gasteiger partial charge in [0, 0.05) is 5.56 Å². The van der Waals surface area contributed by atoms with E-state index in [1.165, 1.54) is 30.3 Å². The Labute approximate surface area is 272 Å². The number of rotatable bonds is 21. The molecule has 0 aliphatic rings. The maximum Gasteiger partial charge on any atom is 0.329 e. The van der Waals surface area contributed by atoms with Gasteiger partial charge in [-0.05, 0) is 51.0 Å². The molecule has 1 aromatic carbocycles. The van der Waals surface area contributed by atoms with Gasteiger partial charge in [0.25, 0.3) is 11.8 Å². The van der Waals surface area contributed by atoms with Gasteiger partial charge < -0.3 is 34.9 Å². The topological polar surface area (TPSA) is 214 Å². The lowest BCUT2D eigenvalue weighted by atomic mass is 9.90. The summed E-state index contributed by atoms with van der Waals surface area (Å²) in [4.78, 5) is 73.3. The molecule has 0 saturated carbocycles. The van der Waals surface area contributed by atoms with Crippen LogP contribution in [0.25, 0.3) is 11.3 Å². The molecule has 0 bridgehead atoms. The van der Waals surface area contributed by atoms with Crippen LogP contribution in [0.5, 0.6) is 5.75 Å². The molecule has 0 saturated heterocycles. The van der Waals surface area contributed by atoms with Crippen molar-refractivity contribution in [2.45, 2.75) is 78.3 Å². The number of hydrogen-bond donors (Lipinski definition) is 5. The number of aliphatic carboxylic acids is 1. The number of benzene rings is 1. The number of carboxylic acid groups (broad SMARTS) is 1. The zero-order chi connectivity index (χ0) is 34.9. The zero-order valence-electron chi connectivity index (χ0n) is 27.1. The van der Waals surface area contributed by atoms with Gasteiger partial charge in [0.05, 0.1) is 43.8 Å². The van der Waals surface area contributed by atoms with E-state index in [1.807, 2.05) is 6.92 Å². The third-order valence-corrected chi connectivity index (χ3v) is 7.19. The summed E-state index contributed by atoms with van der Waals surface area (Å²) in [5.74, 6) is -4.32. The van der Waals surface area contributed by atoms with Crippen molar-refractivity contribution in [2.24, 2.45) is 5.92 Å². The highest BCUT2D eigenvalue weighted by atomic mass is 16.5. The monoisotopic (exact) mass is 660 g/mol. The Morgan fingerprint density at radius 3 is 2.34 bits per heavy atom. The molecule has 2 aromatic rings. The highest BCUT2D eigenvalue weighted by Gasteiger charge is 2.31. The number of unbranched alkanes of at least 4 members (excludes halogenated alkanes) is 2. The molecular weight excluding hydrogens is 616 g/mol. The first-order chi connectivity index (χ1) is 22.5. The highest BCUT2D eigenvalue weighted by Crippen LogP contribution is 2.29. The summed E-state index contributed by atoms with van der Waals surface area (Å²) >= 11 is 0. The molecule has 4 amide bonds. The molecule has 0 fully saturated rings. The molecule has 0 spiro atoms. The number of amides is 4. The normalized spacial score (nSPS) is 12.6. The summed E-state index contributed by atoms with van der Waals surface area (Å²) in [6, 6.07) is 5.28. The molecular formula is C32H44N4O11. The molecule has 0 aliphatic heterocycles. The third-order valence-electron chi connectivity index (χ3n) is 7.19. The number of carbonyl (C=O) groups is 6. The van der Waals surface area contributed by atoms with Crippen LogP contribution < -0.4 is 20.7 Å². The Kier molecular flexibility index (Phi) is 15.9. The second kappa shape index (κ2) is 19.6. The van der Waals surface area contributed by atoms with E-state index in [0.717, 1.165) is 19.3 Å². The number of ether oxygens (including phenoxy) is 2. The van der Waals surface area contributed by atoms with Crippen LogP contribution in [0, 0.1) is 5.92 Å². The van der Waals surface area contributed by atoms with E-state index in [1.54, 1.807) is 20.8 Å². The van der Waals surface area contributed by atoms with Crippen molar-refractivity contribution < 1.29 is 53.0 Å². The Balaban J connectivity index is 2.13. The second-order valence-corrected chi connectivity index (χ2v) is 10.5. The van der Waals surface area contributed by atoms with Crippen LogP contribution in [0.15, 0.2) is 34.7 Å². The first-order valence-corrected chi connectivity index (χ1v) is 15.6. The molecule has 2 unspecified atom stereocenters. The van der Waals surface area contributed by atoms with Crippen molar-refractivity contribution in [3.63, 3.8) is 0 Å². The van der Waals surface area contributed by atoms with Crippen molar-refractivity contribution in [1.82, 2.24) is 21.0 Å². The summed E-state index contributed by atoms with van der Waals surface area (Å²) in [5.41, 5.74) is 0.486. The summed E-state index contributed by atoms with van der Waals surface area (Å²) in [6.45, 7) is 7.00. The second-order valence-electron chi connectivity index (χ2n) is 10.5. The van der Waals surface area contributed by atoms with E-state index in [-0.39, 0.29) is 49.1 Å². The number of furan rings is 1. The van der Waals surface area contributed by atoms with Crippen LogP contribution in [0.4, 0.5) is 0 Å². The van der Waals surface area contributed by atoms with Gasteiger partial charge in [-0.25, -0.2) is 9.86 Å². The largest absolute Gasteiger partial charge is 0.493 e. The average molecular weight is 661 g/mol. The Bertz CT molecular complexity index is 1380. The Hall–Kier alpha value is -4.92. The molecule has 15 heteroatoms. The minimum Gasteiger partial charge on any atom is -0.493 e. The van der Waals surface area contributed by atoms with Crippen molar-refractivity contribution in [1.29, 1.82) is 0 Å². The summed E-state index contributed by atoms with van der Waals surface area (Å²) in [6.07, 6.45) is 2.96. The predicted octanol–water partition coefficient (Wildman–Crippen LogP) is 3.11. The number of nitrogens with zero attached hydrogens (tertiary/aromatic N) is 1. The smallest absolute Gasteiger partial charge is 0.329 e. The Morgan fingerprint density at radius 2 is 1.72 bits per heavy atom. The first kappa shape index (κ1) is 38.3. The van der Waals surface area contributed by atoms with E-state index in [9.17, 15) is 34.0 Å². The molecule has 1 heterocycles. The number of carboxylic acids is 1. The zero-order valence-corrected chi connectivity index (χ0v) is 27.1. The maximum absolute atomic E-state index is 13.0. The number of esters is 1. The van der Waals surface area contributed by atoms with Crippen molar-refractivity contribution in [3.8, 4) is 17.1 Å². The fourth-order valence-corrected chi connectivity index (χ4v) is 4.88. The molecule has 0 aliphatic carbocycles. The van der Waals surface area contributed by atoms with Crippen LogP contribution in [-0.4, -0.2) is 83.4 Å². The maximum atomic E-state index is 13.0. The van der Waals surface area contributed by atoms with E-state index in [2.05, 4.69) is 16.0 Å². The lowest BCUT2D eigenvalue weighted by Crippen LogP contribution is -2.47. The van der Waals surface area contributed by atoms with Crippen LogP contribution in [0.2, 0.25) is 0 Å². The molecule has 3 atom stereocenters.